The molecule has 0 N–H and O–H groups in total. The average molecular weight is 396 g/mol. The molecule has 0 radical (unpaired) electrons. The fourth-order valence-corrected chi connectivity index (χ4v) is 3.74. The van der Waals surface area contributed by atoms with Crippen LogP contribution in [0.5, 0.6) is 0 Å². The van der Waals surface area contributed by atoms with Crippen LogP contribution in [0.2, 0.25) is 0 Å². The minimum atomic E-state index is -5.93. The van der Waals surface area contributed by atoms with Crippen molar-refractivity contribution in [1.29, 1.82) is 0 Å². The molecule has 8 heteroatoms. The van der Waals surface area contributed by atoms with E-state index in [4.69, 9.17) is 0 Å². The molecule has 27 heavy (non-hydrogen) atoms. The lowest BCUT2D eigenvalue weighted by Gasteiger charge is -2.38. The molecule has 0 fully saturated rings. The molecule has 0 saturated carbocycles. The smallest absolute Gasteiger partial charge is 0.379 e. The first-order valence-electron chi connectivity index (χ1n) is 8.04. The summed E-state index contributed by atoms with van der Waals surface area (Å²) in [5.41, 5.74) is -5.86. The van der Waals surface area contributed by atoms with Gasteiger partial charge in [0.05, 0.1) is 5.41 Å². The van der Waals surface area contributed by atoms with Gasteiger partial charge in [0.1, 0.15) is 5.76 Å². The molecule has 3 rings (SSSR count). The van der Waals surface area contributed by atoms with Crippen LogP contribution in [0.3, 0.4) is 0 Å². The van der Waals surface area contributed by atoms with Crippen molar-refractivity contribution < 1.29 is 30.6 Å². The Morgan fingerprint density at radius 2 is 1.37 bits per heavy atom. The van der Waals surface area contributed by atoms with Crippen molar-refractivity contribution in [3.63, 3.8) is 0 Å². The third kappa shape index (κ3) is 3.49. The van der Waals surface area contributed by atoms with E-state index in [2.05, 4.69) is 4.18 Å². The van der Waals surface area contributed by atoms with Gasteiger partial charge in [-0.2, -0.15) is 21.6 Å². The molecule has 0 aliphatic heterocycles. The Morgan fingerprint density at radius 1 is 0.889 bits per heavy atom. The van der Waals surface area contributed by atoms with E-state index in [0.717, 1.165) is 6.08 Å². The van der Waals surface area contributed by atoms with Crippen LogP contribution in [-0.4, -0.2) is 19.7 Å². The first-order chi connectivity index (χ1) is 12.7. The molecule has 0 aromatic heterocycles. The van der Waals surface area contributed by atoms with Crippen molar-refractivity contribution in [3.05, 3.63) is 83.6 Å². The van der Waals surface area contributed by atoms with Gasteiger partial charge in [0.2, 0.25) is 0 Å². The van der Waals surface area contributed by atoms with E-state index in [0.29, 0.717) is 11.1 Å². The summed E-state index contributed by atoms with van der Waals surface area (Å²) >= 11 is 0. The molecule has 2 aromatic rings. The van der Waals surface area contributed by atoms with E-state index in [9.17, 15) is 26.4 Å². The number of carbonyl (C=O) groups is 1. The molecule has 0 bridgehead atoms. The van der Waals surface area contributed by atoms with Gasteiger partial charge in [0, 0.05) is 12.5 Å². The fourth-order valence-electron chi connectivity index (χ4n) is 3.22. The van der Waals surface area contributed by atoms with E-state index < -0.39 is 32.6 Å². The molecule has 2 aromatic carbocycles. The highest BCUT2D eigenvalue weighted by Crippen LogP contribution is 2.47. The van der Waals surface area contributed by atoms with Gasteiger partial charge in [0.25, 0.3) is 0 Å². The zero-order valence-corrected chi connectivity index (χ0v) is 14.8. The minimum Gasteiger partial charge on any atom is -0.379 e. The highest BCUT2D eigenvalue weighted by atomic mass is 32.2. The molecule has 0 saturated heterocycles. The predicted octanol–water partition coefficient (Wildman–Crippen LogP) is 4.09. The maximum Gasteiger partial charge on any atom is 0.534 e. The lowest BCUT2D eigenvalue weighted by Crippen LogP contribution is -2.38. The number of ketones is 1. The maximum atomic E-state index is 12.9. The number of rotatable bonds is 4. The van der Waals surface area contributed by atoms with Crippen molar-refractivity contribution in [1.82, 2.24) is 0 Å². The summed E-state index contributed by atoms with van der Waals surface area (Å²) in [7, 11) is -5.93. The molecule has 0 atom stereocenters. The minimum absolute atomic E-state index is 0.0444. The number of benzene rings is 2. The van der Waals surface area contributed by atoms with Gasteiger partial charge in [-0.25, -0.2) is 0 Å². The number of allylic oxidation sites excluding steroid dienone is 2. The summed E-state index contributed by atoms with van der Waals surface area (Å²) in [6.07, 6.45) is 0.981. The topological polar surface area (TPSA) is 60.4 Å². The van der Waals surface area contributed by atoms with Crippen LogP contribution in [-0.2, 0) is 24.5 Å². The lowest BCUT2D eigenvalue weighted by molar-refractivity contribution is -0.115. The lowest BCUT2D eigenvalue weighted by atomic mass is 9.67. The third-order valence-electron chi connectivity index (χ3n) is 4.48. The molecule has 0 heterocycles. The van der Waals surface area contributed by atoms with Gasteiger partial charge in [-0.3, -0.25) is 4.79 Å². The van der Waals surface area contributed by atoms with E-state index >= 15 is 0 Å². The van der Waals surface area contributed by atoms with Crippen molar-refractivity contribution >= 4 is 15.9 Å². The van der Waals surface area contributed by atoms with E-state index in [-0.39, 0.29) is 12.8 Å². The van der Waals surface area contributed by atoms with Crippen LogP contribution in [0.25, 0.3) is 0 Å². The molecular weight excluding hydrogens is 381 g/mol. The highest BCUT2D eigenvalue weighted by Gasteiger charge is 2.52. The van der Waals surface area contributed by atoms with Crippen molar-refractivity contribution in [3.8, 4) is 0 Å². The van der Waals surface area contributed by atoms with Gasteiger partial charge < -0.3 is 4.18 Å². The van der Waals surface area contributed by atoms with Crippen molar-refractivity contribution in [2.24, 2.45) is 0 Å². The van der Waals surface area contributed by atoms with E-state index in [1.54, 1.807) is 60.7 Å². The number of carbonyl (C=O) groups excluding carboxylic acids is 1. The van der Waals surface area contributed by atoms with Crippen LogP contribution >= 0.6 is 0 Å². The molecular formula is C19H15F3O4S. The Hall–Kier alpha value is -2.61. The van der Waals surface area contributed by atoms with Gasteiger partial charge in [-0.1, -0.05) is 60.7 Å². The normalized spacial score (nSPS) is 17.3. The van der Waals surface area contributed by atoms with E-state index in [1.165, 1.54) is 0 Å². The second kappa shape index (κ2) is 6.84. The number of alkyl halides is 3. The molecule has 0 amide bonds. The van der Waals surface area contributed by atoms with Gasteiger partial charge in [0.15, 0.2) is 5.78 Å². The summed E-state index contributed by atoms with van der Waals surface area (Å²) in [6.45, 7) is 0. The molecule has 0 spiro atoms. The zero-order valence-electron chi connectivity index (χ0n) is 13.9. The summed E-state index contributed by atoms with van der Waals surface area (Å²) in [5.74, 6) is -1.04. The molecule has 142 valence electrons. The van der Waals surface area contributed by atoms with Gasteiger partial charge in [-0.15, -0.1) is 0 Å². The first kappa shape index (κ1) is 19.2. The quantitative estimate of drug-likeness (QED) is 0.577. The van der Waals surface area contributed by atoms with Crippen LogP contribution in [0.4, 0.5) is 13.2 Å². The van der Waals surface area contributed by atoms with Crippen LogP contribution < -0.4 is 0 Å². The Morgan fingerprint density at radius 3 is 1.81 bits per heavy atom. The highest BCUT2D eigenvalue weighted by molar-refractivity contribution is 7.87. The summed E-state index contributed by atoms with van der Waals surface area (Å²) in [4.78, 5) is 11.9. The van der Waals surface area contributed by atoms with Crippen LogP contribution in [0.1, 0.15) is 24.0 Å². The first-order valence-corrected chi connectivity index (χ1v) is 9.44. The van der Waals surface area contributed by atoms with Crippen molar-refractivity contribution in [2.75, 3.05) is 0 Å². The Kier molecular flexibility index (Phi) is 4.86. The Balaban J connectivity index is 2.25. The summed E-state index contributed by atoms with van der Waals surface area (Å²) in [6, 6.07) is 16.9. The number of hydrogen-bond acceptors (Lipinski definition) is 4. The summed E-state index contributed by atoms with van der Waals surface area (Å²) in [5, 5.41) is 0. The molecule has 4 nitrogen and oxygen atoms in total. The fraction of sp³-hybridized carbons (Fsp3) is 0.211. The zero-order chi connectivity index (χ0) is 19.7. The van der Waals surface area contributed by atoms with Crippen molar-refractivity contribution in [2.45, 2.75) is 23.8 Å². The number of halogens is 3. The van der Waals surface area contributed by atoms with Gasteiger partial charge in [-0.05, 0) is 17.5 Å². The number of hydrogen-bond donors (Lipinski definition) is 0. The largest absolute Gasteiger partial charge is 0.534 e. The van der Waals surface area contributed by atoms with Gasteiger partial charge >= 0.3 is 15.6 Å². The van der Waals surface area contributed by atoms with E-state index in [1.807, 2.05) is 0 Å². The standard InChI is InChI=1S/C19H15F3O4S/c20-19(21,22)27(24,25)26-17-13-16(23)11-12-18(17,14-7-3-1-4-8-14)15-9-5-2-6-10-15/h1-10,13H,11-12H2. The predicted molar refractivity (Wildman–Crippen MR) is 92.0 cm³/mol. The second-order valence-electron chi connectivity index (χ2n) is 6.10. The van der Waals surface area contributed by atoms with Crippen LogP contribution in [0, 0.1) is 0 Å². The Bertz CT molecular complexity index is 926. The maximum absolute atomic E-state index is 12.9. The Labute approximate surface area is 154 Å². The second-order valence-corrected chi connectivity index (χ2v) is 7.63. The third-order valence-corrected chi connectivity index (χ3v) is 5.44. The molecule has 1 aliphatic carbocycles. The molecule has 1 aliphatic rings. The summed E-state index contributed by atoms with van der Waals surface area (Å²) < 4.78 is 66.6. The molecule has 0 unspecified atom stereocenters. The average Bonchev–Trinajstić information content (AvgIpc) is 2.62. The van der Waals surface area contributed by atoms with Crippen LogP contribution in [0.15, 0.2) is 72.5 Å². The SMILES string of the molecule is O=C1C=C(OS(=O)(=O)C(F)(F)F)C(c2ccccc2)(c2ccccc2)CC1. The monoisotopic (exact) mass is 396 g/mol.